The molecule has 0 aliphatic carbocycles. The lowest BCUT2D eigenvalue weighted by Crippen LogP contribution is -2.07. The first-order valence-corrected chi connectivity index (χ1v) is 6.50. The van der Waals surface area contributed by atoms with E-state index in [9.17, 15) is 4.79 Å². The predicted molar refractivity (Wildman–Crippen MR) is 66.8 cm³/mol. The highest BCUT2D eigenvalue weighted by Gasteiger charge is 2.06. The Labute approximate surface area is 97.1 Å². The summed E-state index contributed by atoms with van der Waals surface area (Å²) < 4.78 is 0. The third kappa shape index (κ3) is 2.73. The van der Waals surface area contributed by atoms with E-state index in [0.29, 0.717) is 6.54 Å². The van der Waals surface area contributed by atoms with Crippen LogP contribution in [0.5, 0.6) is 0 Å². The molecule has 0 saturated heterocycles. The van der Waals surface area contributed by atoms with E-state index in [1.165, 1.54) is 15.3 Å². The van der Waals surface area contributed by atoms with Crippen molar-refractivity contribution in [2.75, 3.05) is 5.75 Å². The predicted octanol–water partition coefficient (Wildman–Crippen LogP) is 2.64. The number of carbonyl (C=O) groups is 1. The number of thiophene rings is 1. The molecule has 2 heterocycles. The molecule has 1 aliphatic heterocycles. The number of hydrogen-bond donors (Lipinski definition) is 1. The van der Waals surface area contributed by atoms with Gasteiger partial charge in [-0.15, -0.1) is 23.1 Å². The molecule has 1 N–H and O–H groups in total. The van der Waals surface area contributed by atoms with Crippen LogP contribution in [-0.2, 0) is 11.3 Å². The van der Waals surface area contributed by atoms with Crippen molar-refractivity contribution in [2.24, 2.45) is 0 Å². The van der Waals surface area contributed by atoms with E-state index < -0.39 is 0 Å². The third-order valence-corrected chi connectivity index (χ3v) is 4.04. The summed E-state index contributed by atoms with van der Waals surface area (Å²) in [5, 5.41) is 4.78. The van der Waals surface area contributed by atoms with E-state index in [1.807, 2.05) is 11.8 Å². The summed E-state index contributed by atoms with van der Waals surface area (Å²) in [7, 11) is 0. The number of rotatable bonds is 4. The zero-order valence-electron chi connectivity index (χ0n) is 8.10. The Morgan fingerprint density at radius 3 is 3.13 bits per heavy atom. The Bertz CT molecular complexity index is 406. The molecule has 0 aromatic carbocycles. The number of thioether (sulfide) groups is 1. The Balaban J connectivity index is 2.09. The summed E-state index contributed by atoms with van der Waals surface area (Å²) in [5.41, 5.74) is 1.37. The van der Waals surface area contributed by atoms with Crippen LogP contribution in [0, 0.1) is 0 Å². The first-order chi connectivity index (χ1) is 7.40. The van der Waals surface area contributed by atoms with E-state index in [1.54, 1.807) is 11.3 Å². The van der Waals surface area contributed by atoms with Crippen molar-refractivity contribution in [1.82, 2.24) is 5.32 Å². The minimum absolute atomic E-state index is 0.629. The number of allylic oxidation sites excluding steroid dienone is 2. The highest BCUT2D eigenvalue weighted by molar-refractivity contribution is 8.02. The second-order valence-electron chi connectivity index (χ2n) is 3.10. The normalized spacial score (nSPS) is 14.8. The Morgan fingerprint density at radius 2 is 2.40 bits per heavy atom. The fraction of sp³-hybridized carbons (Fsp3) is 0.182. The van der Waals surface area contributed by atoms with Gasteiger partial charge >= 0.3 is 0 Å². The van der Waals surface area contributed by atoms with Gasteiger partial charge in [-0.1, -0.05) is 12.2 Å². The van der Waals surface area contributed by atoms with Gasteiger partial charge in [0.05, 0.1) is 6.54 Å². The van der Waals surface area contributed by atoms with Gasteiger partial charge in [-0.3, -0.25) is 4.79 Å². The van der Waals surface area contributed by atoms with Crippen LogP contribution in [-0.4, -0.2) is 12.2 Å². The van der Waals surface area contributed by atoms with Gasteiger partial charge in [-0.05, 0) is 23.1 Å². The average molecular weight is 237 g/mol. The van der Waals surface area contributed by atoms with Crippen LogP contribution in [0.1, 0.15) is 9.75 Å². The maximum absolute atomic E-state index is 10.2. The Hall–Kier alpha value is -1.000. The second kappa shape index (κ2) is 5.19. The molecule has 1 aliphatic rings. The van der Waals surface area contributed by atoms with Crippen molar-refractivity contribution in [3.63, 3.8) is 0 Å². The molecule has 0 bridgehead atoms. The van der Waals surface area contributed by atoms with Gasteiger partial charge in [-0.25, -0.2) is 0 Å². The zero-order chi connectivity index (χ0) is 10.5. The molecule has 1 aromatic rings. The zero-order valence-corrected chi connectivity index (χ0v) is 9.74. The lowest BCUT2D eigenvalue weighted by molar-refractivity contribution is -0.109. The standard InChI is InChI=1S/C11H11NOS2/c13-8-12-6-10-3-4-11(15-10)9-2-1-5-14-7-9/h1-5,8H,6-7H2,(H,12,13). The first kappa shape index (κ1) is 10.5. The molecule has 0 fully saturated rings. The largest absolute Gasteiger partial charge is 0.354 e. The minimum Gasteiger partial charge on any atom is -0.354 e. The van der Waals surface area contributed by atoms with E-state index in [2.05, 4.69) is 35.0 Å². The van der Waals surface area contributed by atoms with Gasteiger partial charge in [0.1, 0.15) is 0 Å². The van der Waals surface area contributed by atoms with Crippen molar-refractivity contribution in [2.45, 2.75) is 6.54 Å². The molecule has 0 radical (unpaired) electrons. The van der Waals surface area contributed by atoms with Crippen LogP contribution in [0.2, 0.25) is 0 Å². The van der Waals surface area contributed by atoms with E-state index in [4.69, 9.17) is 0 Å². The lowest BCUT2D eigenvalue weighted by atomic mass is 10.2. The summed E-state index contributed by atoms with van der Waals surface area (Å²) in [6.07, 6.45) is 4.96. The average Bonchev–Trinajstić information content (AvgIpc) is 2.76. The molecule has 0 spiro atoms. The maximum Gasteiger partial charge on any atom is 0.207 e. The number of amides is 1. The topological polar surface area (TPSA) is 29.1 Å². The number of carbonyl (C=O) groups excluding carboxylic acids is 1. The molecular weight excluding hydrogens is 226 g/mol. The van der Waals surface area contributed by atoms with E-state index in [0.717, 1.165) is 12.2 Å². The van der Waals surface area contributed by atoms with Gasteiger partial charge < -0.3 is 5.32 Å². The van der Waals surface area contributed by atoms with Crippen LogP contribution in [0.15, 0.2) is 29.7 Å². The molecule has 2 rings (SSSR count). The molecule has 78 valence electrons. The molecule has 4 heteroatoms. The van der Waals surface area contributed by atoms with Crippen LogP contribution in [0.25, 0.3) is 5.57 Å². The van der Waals surface area contributed by atoms with Gasteiger partial charge in [0, 0.05) is 15.5 Å². The third-order valence-electron chi connectivity index (χ3n) is 2.05. The number of hydrogen-bond acceptors (Lipinski definition) is 3. The quantitative estimate of drug-likeness (QED) is 0.816. The Morgan fingerprint density at radius 1 is 1.47 bits per heavy atom. The maximum atomic E-state index is 10.2. The van der Waals surface area contributed by atoms with Gasteiger partial charge in [0.2, 0.25) is 6.41 Å². The summed E-state index contributed by atoms with van der Waals surface area (Å²) in [5.74, 6) is 1.04. The van der Waals surface area contributed by atoms with Gasteiger partial charge in [0.25, 0.3) is 0 Å². The van der Waals surface area contributed by atoms with Gasteiger partial charge in [0.15, 0.2) is 0 Å². The molecule has 0 saturated carbocycles. The fourth-order valence-corrected chi connectivity index (χ4v) is 3.13. The van der Waals surface area contributed by atoms with Gasteiger partial charge in [-0.2, -0.15) is 0 Å². The smallest absolute Gasteiger partial charge is 0.207 e. The van der Waals surface area contributed by atoms with Crippen molar-refractivity contribution in [1.29, 1.82) is 0 Å². The van der Waals surface area contributed by atoms with Crippen LogP contribution in [0.4, 0.5) is 0 Å². The van der Waals surface area contributed by atoms with Crippen molar-refractivity contribution >= 4 is 35.1 Å². The van der Waals surface area contributed by atoms with Crippen LogP contribution in [0.3, 0.4) is 0 Å². The van der Waals surface area contributed by atoms with Crippen molar-refractivity contribution in [3.05, 3.63) is 39.4 Å². The molecule has 0 atom stereocenters. The number of nitrogens with one attached hydrogen (secondary N) is 1. The fourth-order valence-electron chi connectivity index (χ4n) is 1.34. The monoisotopic (exact) mass is 237 g/mol. The first-order valence-electron chi connectivity index (χ1n) is 4.63. The summed E-state index contributed by atoms with van der Waals surface area (Å²) in [6, 6.07) is 4.19. The van der Waals surface area contributed by atoms with Crippen molar-refractivity contribution < 1.29 is 4.79 Å². The molecule has 2 nitrogen and oxygen atoms in total. The second-order valence-corrected chi connectivity index (χ2v) is 5.16. The van der Waals surface area contributed by atoms with Crippen molar-refractivity contribution in [3.8, 4) is 0 Å². The van der Waals surface area contributed by atoms with E-state index in [-0.39, 0.29) is 0 Å². The minimum atomic E-state index is 0.629. The molecule has 0 unspecified atom stereocenters. The summed E-state index contributed by atoms with van der Waals surface area (Å²) in [6.45, 7) is 0.629. The molecule has 1 aromatic heterocycles. The molecule has 1 amide bonds. The lowest BCUT2D eigenvalue weighted by Gasteiger charge is -2.05. The van der Waals surface area contributed by atoms with E-state index >= 15 is 0 Å². The van der Waals surface area contributed by atoms with Crippen LogP contribution < -0.4 is 5.32 Å². The highest BCUT2D eigenvalue weighted by atomic mass is 32.2. The summed E-state index contributed by atoms with van der Waals surface area (Å²) in [4.78, 5) is 12.6. The SMILES string of the molecule is O=CNCc1ccc(C2=CC=CSC2)s1. The Kier molecular flexibility index (Phi) is 3.64. The summed E-state index contributed by atoms with van der Waals surface area (Å²) >= 11 is 3.55. The molecule has 15 heavy (non-hydrogen) atoms. The van der Waals surface area contributed by atoms with Crippen LogP contribution >= 0.6 is 23.1 Å². The molecular formula is C11H11NOS2. The highest BCUT2D eigenvalue weighted by Crippen LogP contribution is 2.29.